The van der Waals surface area contributed by atoms with Gasteiger partial charge in [-0.05, 0) is 0 Å². The molecule has 0 fully saturated rings. The second-order valence-corrected chi connectivity index (χ2v) is 3.42. The van der Waals surface area contributed by atoms with Crippen LogP contribution >= 0.6 is 23.2 Å². The van der Waals surface area contributed by atoms with Crippen LogP contribution in [0.2, 0.25) is 10.0 Å². The number of primary amides is 1. The van der Waals surface area contributed by atoms with Crippen molar-refractivity contribution >= 4 is 29.3 Å². The molecule has 5 nitrogen and oxygen atoms in total. The molecule has 1 aromatic rings. The van der Waals surface area contributed by atoms with E-state index in [1.54, 1.807) is 0 Å². The van der Waals surface area contributed by atoms with Gasteiger partial charge in [0.05, 0.1) is 14.2 Å². The maximum Gasteiger partial charge on any atom is 0.410 e. The molecule has 2 N–H and O–H groups in total. The third kappa shape index (κ3) is 2.43. The average Bonchev–Trinajstić information content (AvgIpc) is 2.24. The molecule has 88 valence electrons. The third-order valence-electron chi connectivity index (χ3n) is 1.74. The van der Waals surface area contributed by atoms with Gasteiger partial charge in [0.15, 0.2) is 5.75 Å². The minimum Gasteiger partial charge on any atom is -0.495 e. The molecule has 0 saturated carbocycles. The van der Waals surface area contributed by atoms with E-state index in [4.69, 9.17) is 38.4 Å². The number of rotatable bonds is 3. The molecule has 0 aromatic heterocycles. The molecule has 0 bridgehead atoms. The largest absolute Gasteiger partial charge is 0.495 e. The molecule has 0 aliphatic carbocycles. The topological polar surface area (TPSA) is 70.8 Å². The molecular formula is C9H9Cl2NO4. The Labute approximate surface area is 102 Å². The van der Waals surface area contributed by atoms with Gasteiger partial charge in [-0.25, -0.2) is 4.79 Å². The lowest BCUT2D eigenvalue weighted by Crippen LogP contribution is -2.17. The van der Waals surface area contributed by atoms with E-state index in [9.17, 15) is 4.79 Å². The van der Waals surface area contributed by atoms with Gasteiger partial charge in [0, 0.05) is 6.07 Å². The summed E-state index contributed by atoms with van der Waals surface area (Å²) in [6.07, 6.45) is -1.03. The predicted octanol–water partition coefficient (Wildman–Crippen LogP) is 2.47. The van der Waals surface area contributed by atoms with E-state index in [-0.39, 0.29) is 27.3 Å². The van der Waals surface area contributed by atoms with Crippen molar-refractivity contribution < 1.29 is 19.0 Å². The first-order valence-electron chi connectivity index (χ1n) is 4.08. The van der Waals surface area contributed by atoms with Crippen LogP contribution in [-0.2, 0) is 0 Å². The van der Waals surface area contributed by atoms with Gasteiger partial charge in [-0.15, -0.1) is 0 Å². The quantitative estimate of drug-likeness (QED) is 0.912. The number of nitrogens with two attached hydrogens (primary N) is 1. The van der Waals surface area contributed by atoms with Crippen LogP contribution in [0.15, 0.2) is 6.07 Å². The van der Waals surface area contributed by atoms with Gasteiger partial charge in [-0.2, -0.15) is 0 Å². The first kappa shape index (κ1) is 12.7. The summed E-state index contributed by atoms with van der Waals surface area (Å²) in [7, 11) is 2.81. The molecule has 1 rings (SSSR count). The summed E-state index contributed by atoms with van der Waals surface area (Å²) in [5.74, 6) is 0.436. The number of ether oxygens (including phenoxy) is 3. The fourth-order valence-corrected chi connectivity index (χ4v) is 1.63. The minimum absolute atomic E-state index is 0.0482. The van der Waals surface area contributed by atoms with E-state index in [0.717, 1.165) is 0 Å². The van der Waals surface area contributed by atoms with Crippen molar-refractivity contribution in [2.24, 2.45) is 5.73 Å². The summed E-state index contributed by atoms with van der Waals surface area (Å²) in [5.41, 5.74) is 4.89. The normalized spacial score (nSPS) is 9.75. The Hall–Kier alpha value is -1.33. The summed E-state index contributed by atoms with van der Waals surface area (Å²) in [4.78, 5) is 10.7. The van der Waals surface area contributed by atoms with Crippen LogP contribution in [0.3, 0.4) is 0 Å². The van der Waals surface area contributed by atoms with Crippen molar-refractivity contribution in [3.8, 4) is 17.2 Å². The second kappa shape index (κ2) is 5.14. The van der Waals surface area contributed by atoms with Crippen molar-refractivity contribution in [2.75, 3.05) is 14.2 Å². The zero-order valence-electron chi connectivity index (χ0n) is 8.54. The van der Waals surface area contributed by atoms with Crippen molar-refractivity contribution in [1.82, 2.24) is 0 Å². The highest BCUT2D eigenvalue weighted by atomic mass is 35.5. The van der Waals surface area contributed by atoms with Gasteiger partial charge in [-0.3, -0.25) is 0 Å². The standard InChI is InChI=1S/C9H9Cl2NO4/c1-14-4-3-5(15-2)7(11)8(6(4)10)16-9(12)13/h3H,1-2H3,(H2,12,13). The van der Waals surface area contributed by atoms with Crippen LogP contribution in [0, 0.1) is 0 Å². The maximum absolute atomic E-state index is 10.7. The summed E-state index contributed by atoms with van der Waals surface area (Å²) < 4.78 is 14.6. The van der Waals surface area contributed by atoms with Crippen molar-refractivity contribution in [2.45, 2.75) is 0 Å². The molecule has 1 amide bonds. The SMILES string of the molecule is COc1cc(OC)c(Cl)c(OC(N)=O)c1Cl. The summed E-state index contributed by atoms with van der Waals surface area (Å²) >= 11 is 11.8. The lowest BCUT2D eigenvalue weighted by Gasteiger charge is -2.13. The number of hydrogen-bond donors (Lipinski definition) is 1. The molecule has 1 aromatic carbocycles. The maximum atomic E-state index is 10.7. The Morgan fingerprint density at radius 2 is 1.62 bits per heavy atom. The van der Waals surface area contributed by atoms with E-state index in [1.807, 2.05) is 0 Å². The predicted molar refractivity (Wildman–Crippen MR) is 59.8 cm³/mol. The van der Waals surface area contributed by atoms with E-state index in [2.05, 4.69) is 4.74 Å². The summed E-state index contributed by atoms with van der Waals surface area (Å²) in [6, 6.07) is 1.47. The van der Waals surface area contributed by atoms with E-state index < -0.39 is 6.09 Å². The number of amides is 1. The molecule has 0 spiro atoms. The first-order chi connectivity index (χ1) is 7.51. The van der Waals surface area contributed by atoms with Gasteiger partial charge in [0.2, 0.25) is 0 Å². The van der Waals surface area contributed by atoms with Gasteiger partial charge >= 0.3 is 6.09 Å². The minimum atomic E-state index is -1.03. The summed E-state index contributed by atoms with van der Waals surface area (Å²) in [5, 5.41) is 0.0965. The molecular weight excluding hydrogens is 257 g/mol. The molecule has 0 radical (unpaired) electrons. The van der Waals surface area contributed by atoms with Crippen LogP contribution in [-0.4, -0.2) is 20.3 Å². The number of carbonyl (C=O) groups is 1. The Kier molecular flexibility index (Phi) is 4.09. The zero-order chi connectivity index (χ0) is 12.3. The number of halogens is 2. The molecule has 7 heteroatoms. The highest BCUT2D eigenvalue weighted by molar-refractivity contribution is 6.39. The van der Waals surface area contributed by atoms with Crippen LogP contribution in [0.25, 0.3) is 0 Å². The van der Waals surface area contributed by atoms with E-state index >= 15 is 0 Å². The fraction of sp³-hybridized carbons (Fsp3) is 0.222. The lowest BCUT2D eigenvalue weighted by molar-refractivity contribution is 0.210. The fourth-order valence-electron chi connectivity index (χ4n) is 1.05. The van der Waals surface area contributed by atoms with Gasteiger partial charge in [0.25, 0.3) is 0 Å². The van der Waals surface area contributed by atoms with E-state index in [0.29, 0.717) is 0 Å². The molecule has 0 aliphatic rings. The molecule has 0 saturated heterocycles. The number of benzene rings is 1. The Balaban J connectivity index is 3.36. The van der Waals surface area contributed by atoms with Crippen LogP contribution in [0.1, 0.15) is 0 Å². The first-order valence-corrected chi connectivity index (χ1v) is 4.84. The molecule has 16 heavy (non-hydrogen) atoms. The van der Waals surface area contributed by atoms with Crippen molar-refractivity contribution in [3.05, 3.63) is 16.1 Å². The second-order valence-electron chi connectivity index (χ2n) is 2.66. The average molecular weight is 266 g/mol. The van der Waals surface area contributed by atoms with Crippen molar-refractivity contribution in [3.63, 3.8) is 0 Å². The highest BCUT2D eigenvalue weighted by Crippen LogP contribution is 2.45. The molecule has 0 aliphatic heterocycles. The Morgan fingerprint density at radius 3 is 1.94 bits per heavy atom. The molecule has 0 atom stereocenters. The van der Waals surface area contributed by atoms with Gasteiger partial charge in [0.1, 0.15) is 21.5 Å². The van der Waals surface area contributed by atoms with Crippen LogP contribution in [0.5, 0.6) is 17.2 Å². The van der Waals surface area contributed by atoms with Crippen molar-refractivity contribution in [1.29, 1.82) is 0 Å². The number of hydrogen-bond acceptors (Lipinski definition) is 4. The van der Waals surface area contributed by atoms with E-state index in [1.165, 1.54) is 20.3 Å². The third-order valence-corrected chi connectivity index (χ3v) is 2.45. The van der Waals surface area contributed by atoms with Gasteiger partial charge in [-0.1, -0.05) is 23.2 Å². The smallest absolute Gasteiger partial charge is 0.410 e. The molecule has 0 heterocycles. The Morgan fingerprint density at radius 1 is 1.19 bits per heavy atom. The summed E-state index contributed by atoms with van der Waals surface area (Å²) in [6.45, 7) is 0. The lowest BCUT2D eigenvalue weighted by atomic mass is 10.3. The number of carbonyl (C=O) groups excluding carboxylic acids is 1. The number of methoxy groups -OCH3 is 2. The Bertz CT molecular complexity index is 394. The monoisotopic (exact) mass is 265 g/mol. The van der Waals surface area contributed by atoms with Crippen LogP contribution in [0.4, 0.5) is 4.79 Å². The van der Waals surface area contributed by atoms with Crippen LogP contribution < -0.4 is 19.9 Å². The highest BCUT2D eigenvalue weighted by Gasteiger charge is 2.19. The zero-order valence-corrected chi connectivity index (χ0v) is 10.1. The molecule has 0 unspecified atom stereocenters. The van der Waals surface area contributed by atoms with Gasteiger partial charge < -0.3 is 19.9 Å².